The molecule has 0 radical (unpaired) electrons. The molecular weight excluding hydrogens is 340 g/mol. The summed E-state index contributed by atoms with van der Waals surface area (Å²) in [6.07, 6.45) is 0. The molecule has 23 heavy (non-hydrogen) atoms. The molecule has 8 heteroatoms. The van der Waals surface area contributed by atoms with E-state index >= 15 is 0 Å². The van der Waals surface area contributed by atoms with Gasteiger partial charge < -0.3 is 4.74 Å². The Balaban J connectivity index is 2.09. The van der Waals surface area contributed by atoms with Crippen molar-refractivity contribution in [1.82, 2.24) is 4.72 Å². The highest BCUT2D eigenvalue weighted by atomic mass is 35.5. The number of anilines is 1. The van der Waals surface area contributed by atoms with Crippen LogP contribution >= 0.6 is 11.6 Å². The number of rotatable bonds is 6. The Morgan fingerprint density at radius 3 is 2.43 bits per heavy atom. The minimum atomic E-state index is -3.85. The number of hydrogen-bond acceptors (Lipinski definition) is 4. The summed E-state index contributed by atoms with van der Waals surface area (Å²) in [6.45, 7) is 0.0902. The van der Waals surface area contributed by atoms with Gasteiger partial charge >= 0.3 is 5.97 Å². The molecule has 0 saturated carbocycles. The number of hydrogen-bond donors (Lipinski definition) is 2. The Morgan fingerprint density at radius 1 is 1.13 bits per heavy atom. The third kappa shape index (κ3) is 4.95. The van der Waals surface area contributed by atoms with Crippen molar-refractivity contribution >= 4 is 33.5 Å². The molecule has 6 nitrogen and oxygen atoms in total. The first-order chi connectivity index (χ1) is 10.9. The van der Waals surface area contributed by atoms with Crippen LogP contribution in [0.25, 0.3) is 0 Å². The summed E-state index contributed by atoms with van der Waals surface area (Å²) in [5.74, 6) is -0.624. The van der Waals surface area contributed by atoms with Gasteiger partial charge in [-0.3, -0.25) is 4.72 Å². The molecule has 0 amide bonds. The van der Waals surface area contributed by atoms with E-state index in [1.807, 2.05) is 0 Å². The molecule has 2 aromatic carbocycles. The lowest BCUT2D eigenvalue weighted by molar-refractivity contribution is 0.0602. The normalized spacial score (nSPS) is 11.0. The van der Waals surface area contributed by atoms with Crippen molar-refractivity contribution in [3.63, 3.8) is 0 Å². The molecule has 0 fully saturated rings. The van der Waals surface area contributed by atoms with E-state index in [0.29, 0.717) is 5.02 Å². The average Bonchev–Trinajstić information content (AvgIpc) is 2.54. The van der Waals surface area contributed by atoms with Gasteiger partial charge in [0.2, 0.25) is 0 Å². The van der Waals surface area contributed by atoms with Crippen molar-refractivity contribution in [1.29, 1.82) is 0 Å². The van der Waals surface area contributed by atoms with E-state index in [0.717, 1.165) is 5.56 Å². The Morgan fingerprint density at radius 2 is 1.78 bits per heavy atom. The number of para-hydroxylation sites is 1. The third-order valence-electron chi connectivity index (χ3n) is 2.96. The van der Waals surface area contributed by atoms with Gasteiger partial charge in [-0.05, 0) is 29.8 Å². The van der Waals surface area contributed by atoms with Gasteiger partial charge in [-0.25, -0.2) is 4.79 Å². The molecule has 0 heterocycles. The highest BCUT2D eigenvalue weighted by Crippen LogP contribution is 2.17. The van der Waals surface area contributed by atoms with Crippen molar-refractivity contribution in [2.75, 3.05) is 11.8 Å². The van der Waals surface area contributed by atoms with Gasteiger partial charge in [0, 0.05) is 11.6 Å². The minimum absolute atomic E-state index is 0.0902. The first-order valence-electron chi connectivity index (χ1n) is 6.60. The lowest BCUT2D eigenvalue weighted by Gasteiger charge is -2.12. The van der Waals surface area contributed by atoms with Gasteiger partial charge in [0.25, 0.3) is 10.2 Å². The number of halogens is 1. The fourth-order valence-electron chi connectivity index (χ4n) is 1.82. The van der Waals surface area contributed by atoms with Crippen LogP contribution in [-0.4, -0.2) is 21.5 Å². The molecule has 0 spiro atoms. The number of esters is 1. The van der Waals surface area contributed by atoms with Crippen molar-refractivity contribution in [2.45, 2.75) is 6.54 Å². The zero-order chi connectivity index (χ0) is 16.9. The molecule has 0 aliphatic heterocycles. The third-order valence-corrected chi connectivity index (χ3v) is 4.22. The lowest BCUT2D eigenvalue weighted by atomic mass is 10.2. The van der Waals surface area contributed by atoms with E-state index in [4.69, 9.17) is 11.6 Å². The van der Waals surface area contributed by atoms with E-state index < -0.39 is 16.2 Å². The molecule has 0 atom stereocenters. The monoisotopic (exact) mass is 354 g/mol. The predicted molar refractivity (Wildman–Crippen MR) is 88.6 cm³/mol. The average molecular weight is 355 g/mol. The number of methoxy groups -OCH3 is 1. The standard InChI is InChI=1S/C15H15ClN2O4S/c1-22-15(19)13-4-2-3-5-14(13)18-23(20,21)17-10-11-6-8-12(16)9-7-11/h2-9,17-18H,10H2,1H3. The Hall–Kier alpha value is -2.09. The van der Waals surface area contributed by atoms with E-state index in [1.165, 1.54) is 19.2 Å². The van der Waals surface area contributed by atoms with Gasteiger partial charge in [-0.15, -0.1) is 0 Å². The first-order valence-corrected chi connectivity index (χ1v) is 8.46. The van der Waals surface area contributed by atoms with Crippen LogP contribution in [0, 0.1) is 0 Å². The summed E-state index contributed by atoms with van der Waals surface area (Å²) in [5, 5.41) is 0.571. The van der Waals surface area contributed by atoms with Crippen molar-refractivity contribution in [3.8, 4) is 0 Å². The van der Waals surface area contributed by atoms with Crippen LogP contribution in [0.2, 0.25) is 5.02 Å². The number of carbonyl (C=O) groups excluding carboxylic acids is 1. The second kappa shape index (κ2) is 7.45. The highest BCUT2D eigenvalue weighted by Gasteiger charge is 2.16. The van der Waals surface area contributed by atoms with Crippen molar-refractivity contribution in [3.05, 3.63) is 64.7 Å². The largest absolute Gasteiger partial charge is 0.465 e. The van der Waals surface area contributed by atoms with Crippen molar-refractivity contribution in [2.24, 2.45) is 0 Å². The molecule has 0 aromatic heterocycles. The molecule has 0 bridgehead atoms. The second-order valence-corrected chi connectivity index (χ2v) is 6.53. The first kappa shape index (κ1) is 17.3. The summed E-state index contributed by atoms with van der Waals surface area (Å²) in [5.41, 5.74) is 1.02. The van der Waals surface area contributed by atoms with E-state index in [-0.39, 0.29) is 17.8 Å². The number of benzene rings is 2. The summed E-state index contributed by atoms with van der Waals surface area (Å²) in [7, 11) is -2.62. The van der Waals surface area contributed by atoms with Gasteiger partial charge in [-0.2, -0.15) is 13.1 Å². The van der Waals surface area contributed by atoms with Gasteiger partial charge in [0.15, 0.2) is 0 Å². The second-order valence-electron chi connectivity index (χ2n) is 4.59. The molecule has 0 aliphatic rings. The predicted octanol–water partition coefficient (Wildman–Crippen LogP) is 2.57. The van der Waals surface area contributed by atoms with Crippen LogP contribution in [0.15, 0.2) is 48.5 Å². The zero-order valence-corrected chi connectivity index (χ0v) is 13.8. The molecule has 122 valence electrons. The Kier molecular flexibility index (Phi) is 5.59. The summed E-state index contributed by atoms with van der Waals surface area (Å²) >= 11 is 5.78. The van der Waals surface area contributed by atoms with E-state index in [2.05, 4.69) is 14.2 Å². The van der Waals surface area contributed by atoms with Crippen LogP contribution in [0.3, 0.4) is 0 Å². The molecule has 0 saturated heterocycles. The summed E-state index contributed by atoms with van der Waals surface area (Å²) in [6, 6.07) is 13.0. The SMILES string of the molecule is COC(=O)c1ccccc1NS(=O)(=O)NCc1ccc(Cl)cc1. The summed E-state index contributed by atoms with van der Waals surface area (Å²) in [4.78, 5) is 11.6. The van der Waals surface area contributed by atoms with Gasteiger partial charge in [0.1, 0.15) is 0 Å². The Bertz CT molecular complexity index is 791. The van der Waals surface area contributed by atoms with Crippen LogP contribution < -0.4 is 9.44 Å². The number of nitrogens with one attached hydrogen (secondary N) is 2. The van der Waals surface area contributed by atoms with E-state index in [9.17, 15) is 13.2 Å². The molecule has 0 unspecified atom stereocenters. The zero-order valence-electron chi connectivity index (χ0n) is 12.2. The van der Waals surface area contributed by atoms with Gasteiger partial charge in [0.05, 0.1) is 18.4 Å². The fraction of sp³-hybridized carbons (Fsp3) is 0.133. The maximum Gasteiger partial charge on any atom is 0.339 e. The minimum Gasteiger partial charge on any atom is -0.465 e. The van der Waals surface area contributed by atoms with Crippen molar-refractivity contribution < 1.29 is 17.9 Å². The van der Waals surface area contributed by atoms with Crippen LogP contribution in [0.5, 0.6) is 0 Å². The topological polar surface area (TPSA) is 84.5 Å². The molecule has 2 aromatic rings. The highest BCUT2D eigenvalue weighted by molar-refractivity contribution is 7.90. The molecule has 2 N–H and O–H groups in total. The lowest BCUT2D eigenvalue weighted by Crippen LogP contribution is -2.30. The number of ether oxygens (including phenoxy) is 1. The maximum atomic E-state index is 12.1. The number of carbonyl (C=O) groups is 1. The summed E-state index contributed by atoms with van der Waals surface area (Å²) < 4.78 is 33.5. The van der Waals surface area contributed by atoms with Crippen LogP contribution in [0.1, 0.15) is 15.9 Å². The molecule has 0 aliphatic carbocycles. The molecule has 2 rings (SSSR count). The Labute approximate surface area is 139 Å². The van der Waals surface area contributed by atoms with Crippen LogP contribution in [-0.2, 0) is 21.5 Å². The fourth-order valence-corrected chi connectivity index (χ4v) is 2.84. The molecular formula is C15H15ClN2O4S. The van der Waals surface area contributed by atoms with Crippen LogP contribution in [0.4, 0.5) is 5.69 Å². The smallest absolute Gasteiger partial charge is 0.339 e. The quantitative estimate of drug-likeness (QED) is 0.781. The van der Waals surface area contributed by atoms with Gasteiger partial charge in [-0.1, -0.05) is 35.9 Å². The maximum absolute atomic E-state index is 12.1. The van der Waals surface area contributed by atoms with E-state index in [1.54, 1.807) is 36.4 Å².